The largest absolute Gasteiger partial charge is 0.489 e. The molecule has 1 aromatic heterocycles. The maximum absolute atomic E-state index is 12.6. The lowest BCUT2D eigenvalue weighted by Gasteiger charge is -2.16. The quantitative estimate of drug-likeness (QED) is 0.553. The number of aryl methyl sites for hydroxylation is 4. The number of carbonyl (C=O) groups is 1. The number of nitrogens with one attached hydrogen (secondary N) is 1. The Morgan fingerprint density at radius 2 is 1.71 bits per heavy atom. The highest BCUT2D eigenvalue weighted by molar-refractivity contribution is 7.12. The smallest absolute Gasteiger partial charge is 0.261 e. The third-order valence-electron chi connectivity index (χ3n) is 4.72. The van der Waals surface area contributed by atoms with Gasteiger partial charge in [0.2, 0.25) is 0 Å². The van der Waals surface area contributed by atoms with E-state index in [1.165, 1.54) is 33.6 Å². The Morgan fingerprint density at radius 1 is 1.00 bits per heavy atom. The van der Waals surface area contributed by atoms with E-state index in [1.807, 2.05) is 30.5 Å². The van der Waals surface area contributed by atoms with Crippen molar-refractivity contribution in [3.63, 3.8) is 0 Å². The average molecular weight is 394 g/mol. The van der Waals surface area contributed by atoms with Crippen molar-refractivity contribution in [3.8, 4) is 5.75 Å². The molecule has 1 atom stereocenters. The summed E-state index contributed by atoms with van der Waals surface area (Å²) in [7, 11) is 0. The minimum atomic E-state index is -0.0462. The third kappa shape index (κ3) is 5.02. The molecule has 0 spiro atoms. The maximum atomic E-state index is 12.6. The zero-order valence-electron chi connectivity index (χ0n) is 17.1. The van der Waals surface area contributed by atoms with Gasteiger partial charge in [-0.25, -0.2) is 0 Å². The molecule has 2 aromatic carbocycles. The normalized spacial score (nSPS) is 11.9. The van der Waals surface area contributed by atoms with Gasteiger partial charge in [-0.3, -0.25) is 4.79 Å². The lowest BCUT2D eigenvalue weighted by atomic mass is 10.0. The maximum Gasteiger partial charge on any atom is 0.261 e. The highest BCUT2D eigenvalue weighted by Gasteiger charge is 2.15. The molecule has 1 N–H and O–H groups in total. The predicted molar refractivity (Wildman–Crippen MR) is 116 cm³/mol. The van der Waals surface area contributed by atoms with E-state index >= 15 is 0 Å². The van der Waals surface area contributed by atoms with Crippen LogP contribution in [0, 0.1) is 27.7 Å². The first-order valence-electron chi connectivity index (χ1n) is 9.48. The standard InChI is InChI=1S/C24H27NO2S/c1-15-6-7-22(18(4)9-15)19(5)25-24(26)23-12-20(14-28-23)13-27-21-10-16(2)8-17(3)11-21/h6-12,14,19H,13H2,1-5H3,(H,25,26). The van der Waals surface area contributed by atoms with Gasteiger partial charge in [-0.15, -0.1) is 11.3 Å². The number of hydrogen-bond donors (Lipinski definition) is 1. The molecule has 0 aliphatic rings. The summed E-state index contributed by atoms with van der Waals surface area (Å²) >= 11 is 1.45. The predicted octanol–water partition coefficient (Wildman–Crippen LogP) is 6.05. The van der Waals surface area contributed by atoms with E-state index in [2.05, 4.69) is 57.3 Å². The fourth-order valence-corrected chi connectivity index (χ4v) is 4.21. The van der Waals surface area contributed by atoms with Gasteiger partial charge in [-0.05, 0) is 80.5 Å². The number of carbonyl (C=O) groups excluding carboxylic acids is 1. The molecule has 0 bridgehead atoms. The molecule has 28 heavy (non-hydrogen) atoms. The second-order valence-corrected chi connectivity index (χ2v) is 8.40. The number of hydrogen-bond acceptors (Lipinski definition) is 3. The van der Waals surface area contributed by atoms with E-state index in [0.29, 0.717) is 11.5 Å². The molecule has 1 heterocycles. The fourth-order valence-electron chi connectivity index (χ4n) is 3.41. The highest BCUT2D eigenvalue weighted by Crippen LogP contribution is 2.22. The summed E-state index contributed by atoms with van der Waals surface area (Å²) < 4.78 is 5.90. The van der Waals surface area contributed by atoms with Crippen LogP contribution in [0.15, 0.2) is 47.8 Å². The number of ether oxygens (including phenoxy) is 1. The Kier molecular flexibility index (Phi) is 6.20. The molecular weight excluding hydrogens is 366 g/mol. The summed E-state index contributed by atoms with van der Waals surface area (Å²) in [5.41, 5.74) is 6.94. The Bertz CT molecular complexity index is 970. The van der Waals surface area contributed by atoms with Crippen LogP contribution in [0.1, 0.15) is 56.0 Å². The van der Waals surface area contributed by atoms with Gasteiger partial charge in [0.1, 0.15) is 12.4 Å². The van der Waals surface area contributed by atoms with Crippen molar-refractivity contribution in [2.45, 2.75) is 47.3 Å². The van der Waals surface area contributed by atoms with Crippen molar-refractivity contribution in [1.29, 1.82) is 0 Å². The lowest BCUT2D eigenvalue weighted by molar-refractivity contribution is 0.0944. The van der Waals surface area contributed by atoms with E-state index in [9.17, 15) is 4.79 Å². The molecule has 0 radical (unpaired) electrons. The monoisotopic (exact) mass is 393 g/mol. The molecule has 0 saturated heterocycles. The van der Waals surface area contributed by atoms with Crippen molar-refractivity contribution < 1.29 is 9.53 Å². The number of rotatable bonds is 6. The van der Waals surface area contributed by atoms with E-state index in [0.717, 1.165) is 16.9 Å². The van der Waals surface area contributed by atoms with Gasteiger partial charge in [0.15, 0.2) is 0 Å². The van der Waals surface area contributed by atoms with Crippen LogP contribution in [0.3, 0.4) is 0 Å². The molecule has 0 saturated carbocycles. The van der Waals surface area contributed by atoms with E-state index < -0.39 is 0 Å². The van der Waals surface area contributed by atoms with Crippen molar-refractivity contribution in [1.82, 2.24) is 5.32 Å². The van der Waals surface area contributed by atoms with Crippen LogP contribution >= 0.6 is 11.3 Å². The summed E-state index contributed by atoms with van der Waals surface area (Å²) in [5.74, 6) is 0.813. The molecule has 0 fully saturated rings. The van der Waals surface area contributed by atoms with E-state index in [1.54, 1.807) is 0 Å². The van der Waals surface area contributed by atoms with Crippen LogP contribution in [-0.2, 0) is 6.61 Å². The summed E-state index contributed by atoms with van der Waals surface area (Å²) in [5, 5.41) is 5.09. The van der Waals surface area contributed by atoms with Gasteiger partial charge in [0.05, 0.1) is 10.9 Å². The first-order chi connectivity index (χ1) is 13.3. The van der Waals surface area contributed by atoms with Crippen molar-refractivity contribution >= 4 is 17.2 Å². The van der Waals surface area contributed by atoms with Gasteiger partial charge < -0.3 is 10.1 Å². The second kappa shape index (κ2) is 8.61. The highest BCUT2D eigenvalue weighted by atomic mass is 32.1. The van der Waals surface area contributed by atoms with Gasteiger partial charge in [-0.2, -0.15) is 0 Å². The minimum Gasteiger partial charge on any atom is -0.489 e. The molecule has 146 valence electrons. The van der Waals surface area contributed by atoms with E-state index in [-0.39, 0.29) is 11.9 Å². The zero-order valence-corrected chi connectivity index (χ0v) is 17.9. The molecular formula is C24H27NO2S. The van der Waals surface area contributed by atoms with Crippen LogP contribution in [-0.4, -0.2) is 5.91 Å². The molecule has 0 aliphatic carbocycles. The number of amides is 1. The lowest BCUT2D eigenvalue weighted by Crippen LogP contribution is -2.26. The average Bonchev–Trinajstić information content (AvgIpc) is 3.08. The molecule has 1 amide bonds. The van der Waals surface area contributed by atoms with Gasteiger partial charge in [0.25, 0.3) is 5.91 Å². The molecule has 3 rings (SSSR count). The molecule has 0 aliphatic heterocycles. The second-order valence-electron chi connectivity index (χ2n) is 7.49. The van der Waals surface area contributed by atoms with Crippen LogP contribution in [0.25, 0.3) is 0 Å². The summed E-state index contributed by atoms with van der Waals surface area (Å²) in [6.07, 6.45) is 0. The molecule has 4 heteroatoms. The summed E-state index contributed by atoms with van der Waals surface area (Å²) in [6.45, 7) is 10.8. The SMILES string of the molecule is Cc1cc(C)cc(OCc2csc(C(=O)NC(C)c3ccc(C)cc3C)c2)c1. The van der Waals surface area contributed by atoms with Gasteiger partial charge >= 0.3 is 0 Å². The molecule has 3 aromatic rings. The topological polar surface area (TPSA) is 38.3 Å². The van der Waals surface area contributed by atoms with Gasteiger partial charge in [0, 0.05) is 5.56 Å². The minimum absolute atomic E-state index is 0.0369. The van der Waals surface area contributed by atoms with Crippen LogP contribution < -0.4 is 10.1 Å². The molecule has 1 unspecified atom stereocenters. The van der Waals surface area contributed by atoms with Crippen LogP contribution in [0.2, 0.25) is 0 Å². The summed E-state index contributed by atoms with van der Waals surface area (Å²) in [4.78, 5) is 13.3. The van der Waals surface area contributed by atoms with Crippen molar-refractivity contribution in [2.75, 3.05) is 0 Å². The fraction of sp³-hybridized carbons (Fsp3) is 0.292. The third-order valence-corrected chi connectivity index (χ3v) is 5.70. The Labute approximate surface area is 171 Å². The van der Waals surface area contributed by atoms with Crippen molar-refractivity contribution in [3.05, 3.63) is 86.1 Å². The first kappa shape index (κ1) is 20.2. The van der Waals surface area contributed by atoms with Crippen LogP contribution in [0.5, 0.6) is 5.75 Å². The molecule has 3 nitrogen and oxygen atoms in total. The summed E-state index contributed by atoms with van der Waals surface area (Å²) in [6, 6.07) is 14.4. The zero-order chi connectivity index (χ0) is 20.3. The number of thiophene rings is 1. The number of benzene rings is 2. The first-order valence-corrected chi connectivity index (χ1v) is 10.4. The van der Waals surface area contributed by atoms with Crippen molar-refractivity contribution in [2.24, 2.45) is 0 Å². The Hall–Kier alpha value is -2.59. The van der Waals surface area contributed by atoms with Gasteiger partial charge in [-0.1, -0.05) is 29.8 Å². The van der Waals surface area contributed by atoms with Crippen LogP contribution in [0.4, 0.5) is 0 Å². The Morgan fingerprint density at radius 3 is 2.39 bits per heavy atom. The van der Waals surface area contributed by atoms with E-state index in [4.69, 9.17) is 4.74 Å². The Balaban J connectivity index is 1.61.